The second-order valence-corrected chi connectivity index (χ2v) is 5.68. The van der Waals surface area contributed by atoms with Gasteiger partial charge in [-0.15, -0.1) is 0 Å². The Labute approximate surface area is 131 Å². The summed E-state index contributed by atoms with van der Waals surface area (Å²) in [6, 6.07) is 10.2. The largest absolute Gasteiger partial charge is 0.493 e. The molecule has 0 bridgehead atoms. The van der Waals surface area contributed by atoms with Crippen LogP contribution in [0.2, 0.25) is 5.02 Å². The topological polar surface area (TPSA) is 34.1 Å². The van der Waals surface area contributed by atoms with E-state index in [-0.39, 0.29) is 0 Å². The van der Waals surface area contributed by atoms with E-state index >= 15 is 0 Å². The number of aromatic nitrogens is 1. The molecule has 0 amide bonds. The number of rotatable bonds is 7. The highest BCUT2D eigenvalue weighted by atomic mass is 35.5. The molecule has 1 N–H and O–H groups in total. The van der Waals surface area contributed by atoms with E-state index in [4.69, 9.17) is 16.3 Å². The summed E-state index contributed by atoms with van der Waals surface area (Å²) in [4.78, 5) is 4.01. The second-order valence-electron chi connectivity index (χ2n) is 5.24. The number of ether oxygens (including phenoxy) is 1. The molecule has 0 unspecified atom stereocenters. The van der Waals surface area contributed by atoms with Crippen molar-refractivity contribution in [2.24, 2.45) is 0 Å². The van der Waals surface area contributed by atoms with Gasteiger partial charge in [0.15, 0.2) is 0 Å². The minimum absolute atomic E-state index is 0.425. The Morgan fingerprint density at radius 1 is 1.19 bits per heavy atom. The van der Waals surface area contributed by atoms with Gasteiger partial charge in [-0.05, 0) is 35.9 Å². The molecule has 0 saturated carbocycles. The molecule has 0 aliphatic carbocycles. The van der Waals surface area contributed by atoms with Crippen LogP contribution in [0, 0.1) is 0 Å². The van der Waals surface area contributed by atoms with Crippen LogP contribution in [0.25, 0.3) is 0 Å². The van der Waals surface area contributed by atoms with Crippen LogP contribution in [-0.4, -0.2) is 17.6 Å². The van der Waals surface area contributed by atoms with Gasteiger partial charge in [-0.25, -0.2) is 0 Å². The normalized spacial score (nSPS) is 10.9. The second kappa shape index (κ2) is 8.01. The molecule has 2 rings (SSSR count). The monoisotopic (exact) mass is 304 g/mol. The van der Waals surface area contributed by atoms with Gasteiger partial charge in [0, 0.05) is 42.0 Å². The van der Waals surface area contributed by atoms with Crippen LogP contribution in [-0.2, 0) is 13.0 Å². The van der Waals surface area contributed by atoms with E-state index < -0.39 is 0 Å². The molecule has 0 radical (unpaired) electrons. The van der Waals surface area contributed by atoms with Crippen molar-refractivity contribution < 1.29 is 4.74 Å². The Morgan fingerprint density at radius 2 is 1.95 bits per heavy atom. The highest BCUT2D eigenvalue weighted by Crippen LogP contribution is 2.23. The van der Waals surface area contributed by atoms with Gasteiger partial charge in [-0.1, -0.05) is 25.4 Å². The molecular formula is C17H21ClN2O. The number of nitrogens with one attached hydrogen (secondary N) is 1. The quantitative estimate of drug-likeness (QED) is 0.843. The summed E-state index contributed by atoms with van der Waals surface area (Å²) in [7, 11) is 0. The van der Waals surface area contributed by atoms with Crippen molar-refractivity contribution in [3.63, 3.8) is 0 Å². The van der Waals surface area contributed by atoms with Gasteiger partial charge in [0.2, 0.25) is 0 Å². The predicted octanol–water partition coefficient (Wildman–Crippen LogP) is 3.85. The maximum atomic E-state index is 6.07. The van der Waals surface area contributed by atoms with Crippen molar-refractivity contribution in [2.75, 3.05) is 6.61 Å². The average molecular weight is 305 g/mol. The molecule has 1 aromatic carbocycles. The van der Waals surface area contributed by atoms with Crippen LogP contribution < -0.4 is 10.1 Å². The lowest BCUT2D eigenvalue weighted by Gasteiger charge is -2.14. The predicted molar refractivity (Wildman–Crippen MR) is 86.9 cm³/mol. The summed E-state index contributed by atoms with van der Waals surface area (Å²) in [5.74, 6) is 0.890. The maximum Gasteiger partial charge on any atom is 0.123 e. The van der Waals surface area contributed by atoms with Crippen LogP contribution in [0.3, 0.4) is 0 Å². The van der Waals surface area contributed by atoms with Gasteiger partial charge in [-0.3, -0.25) is 4.98 Å². The van der Waals surface area contributed by atoms with E-state index in [1.165, 1.54) is 5.56 Å². The summed E-state index contributed by atoms with van der Waals surface area (Å²) >= 11 is 6.07. The molecule has 0 atom stereocenters. The SMILES string of the molecule is CC(C)NCc1cc(Cl)ccc1OCCc1ccncc1. The summed E-state index contributed by atoms with van der Waals surface area (Å²) in [5.41, 5.74) is 2.31. The fourth-order valence-corrected chi connectivity index (χ4v) is 2.16. The Bertz CT molecular complexity index is 558. The van der Waals surface area contributed by atoms with Crippen molar-refractivity contribution >= 4 is 11.6 Å². The molecule has 0 aliphatic heterocycles. The number of pyridine rings is 1. The van der Waals surface area contributed by atoms with Gasteiger partial charge in [-0.2, -0.15) is 0 Å². The van der Waals surface area contributed by atoms with Crippen molar-refractivity contribution in [1.82, 2.24) is 10.3 Å². The number of nitrogens with zero attached hydrogens (tertiary/aromatic N) is 1. The molecule has 21 heavy (non-hydrogen) atoms. The Hall–Kier alpha value is -1.58. The zero-order chi connectivity index (χ0) is 15.1. The van der Waals surface area contributed by atoms with Crippen LogP contribution in [0.1, 0.15) is 25.0 Å². The standard InChI is InChI=1S/C17H21ClN2O/c1-13(2)20-12-15-11-16(18)3-4-17(15)21-10-7-14-5-8-19-9-6-14/h3-6,8-9,11,13,20H,7,10,12H2,1-2H3. The Morgan fingerprint density at radius 3 is 2.67 bits per heavy atom. The first kappa shape index (κ1) is 15.8. The third-order valence-electron chi connectivity index (χ3n) is 3.12. The first-order valence-electron chi connectivity index (χ1n) is 7.18. The van der Waals surface area contributed by atoms with Crippen LogP contribution >= 0.6 is 11.6 Å². The highest BCUT2D eigenvalue weighted by Gasteiger charge is 2.06. The maximum absolute atomic E-state index is 6.07. The lowest BCUT2D eigenvalue weighted by atomic mass is 10.2. The van der Waals surface area contributed by atoms with E-state index in [2.05, 4.69) is 24.1 Å². The highest BCUT2D eigenvalue weighted by molar-refractivity contribution is 6.30. The van der Waals surface area contributed by atoms with Gasteiger partial charge < -0.3 is 10.1 Å². The molecule has 1 heterocycles. The molecule has 4 heteroatoms. The number of hydrogen-bond donors (Lipinski definition) is 1. The van der Waals surface area contributed by atoms with Crippen LogP contribution in [0.15, 0.2) is 42.7 Å². The van der Waals surface area contributed by atoms with Gasteiger partial charge in [0.05, 0.1) is 6.61 Å². The smallest absolute Gasteiger partial charge is 0.123 e. The van der Waals surface area contributed by atoms with E-state index in [9.17, 15) is 0 Å². The molecule has 0 spiro atoms. The van der Waals surface area contributed by atoms with Gasteiger partial charge >= 0.3 is 0 Å². The molecule has 0 saturated heterocycles. The fourth-order valence-electron chi connectivity index (χ4n) is 1.97. The minimum atomic E-state index is 0.425. The van der Waals surface area contributed by atoms with E-state index in [0.29, 0.717) is 12.6 Å². The van der Waals surface area contributed by atoms with Crippen LogP contribution in [0.5, 0.6) is 5.75 Å². The summed E-state index contributed by atoms with van der Waals surface area (Å²) in [6.45, 7) is 5.63. The molecule has 2 aromatic rings. The third-order valence-corrected chi connectivity index (χ3v) is 3.36. The third kappa shape index (κ3) is 5.37. The zero-order valence-electron chi connectivity index (χ0n) is 12.5. The number of halogens is 1. The van der Waals surface area contributed by atoms with Crippen molar-refractivity contribution in [3.05, 3.63) is 58.9 Å². The first-order valence-corrected chi connectivity index (χ1v) is 7.56. The summed E-state index contributed by atoms with van der Waals surface area (Å²) in [5, 5.41) is 4.12. The molecule has 0 aliphatic rings. The van der Waals surface area contributed by atoms with Gasteiger partial charge in [0.1, 0.15) is 5.75 Å². The molecule has 1 aromatic heterocycles. The zero-order valence-corrected chi connectivity index (χ0v) is 13.2. The average Bonchev–Trinajstić information content (AvgIpc) is 2.48. The number of benzene rings is 1. The summed E-state index contributed by atoms with van der Waals surface area (Å²) in [6.07, 6.45) is 4.47. The molecule has 0 fully saturated rings. The van der Waals surface area contributed by atoms with Crippen molar-refractivity contribution in [2.45, 2.75) is 32.9 Å². The molecule has 112 valence electrons. The Balaban J connectivity index is 1.95. The lowest BCUT2D eigenvalue weighted by Crippen LogP contribution is -2.22. The minimum Gasteiger partial charge on any atom is -0.493 e. The fraction of sp³-hybridized carbons (Fsp3) is 0.353. The number of hydrogen-bond acceptors (Lipinski definition) is 3. The lowest BCUT2D eigenvalue weighted by molar-refractivity contribution is 0.317. The van der Waals surface area contributed by atoms with Crippen molar-refractivity contribution in [3.8, 4) is 5.75 Å². The Kier molecular flexibility index (Phi) is 6.03. The summed E-state index contributed by atoms with van der Waals surface area (Å²) < 4.78 is 5.91. The van der Waals surface area contributed by atoms with E-state index in [1.54, 1.807) is 12.4 Å². The van der Waals surface area contributed by atoms with E-state index in [0.717, 1.165) is 29.3 Å². The molecule has 3 nitrogen and oxygen atoms in total. The van der Waals surface area contributed by atoms with Crippen molar-refractivity contribution in [1.29, 1.82) is 0 Å². The van der Waals surface area contributed by atoms with Crippen LogP contribution in [0.4, 0.5) is 0 Å². The first-order chi connectivity index (χ1) is 10.1. The van der Waals surface area contributed by atoms with E-state index in [1.807, 2.05) is 30.3 Å². The molecular weight excluding hydrogens is 284 g/mol. The van der Waals surface area contributed by atoms with Gasteiger partial charge in [0.25, 0.3) is 0 Å².